The molecule has 0 unspecified atom stereocenters. The van der Waals surface area contributed by atoms with Gasteiger partial charge >= 0.3 is 1.43 Å². The van der Waals surface area contributed by atoms with E-state index in [0.29, 0.717) is 15.2 Å². The van der Waals surface area contributed by atoms with Gasteiger partial charge in [0, 0.05) is 0 Å². The van der Waals surface area contributed by atoms with Crippen molar-refractivity contribution >= 4 is 24.3 Å². The molecule has 0 fully saturated rings. The molecule has 1 N–H and O–H groups in total. The topological polar surface area (TPSA) is 20.2 Å². The van der Waals surface area contributed by atoms with Crippen molar-refractivity contribution in [3.8, 4) is 0 Å². The molecule has 0 aromatic carbocycles. The standard InChI is InChI=1S/C2H8OSi.2CH3.Al.H/c1-4(2)3;;;;/h3-4H,1-2H3;2*1H3;;/p+1. The van der Waals surface area contributed by atoms with Gasteiger partial charge in [0.15, 0.2) is 9.04 Å². The molecular formula is C4H16AlOSi+. The first-order valence-corrected chi connectivity index (χ1v) is 8.48. The summed E-state index contributed by atoms with van der Waals surface area (Å²) < 4.78 is 0. The van der Waals surface area contributed by atoms with Crippen LogP contribution in [0, 0.1) is 0 Å². The second kappa shape index (κ2) is 9.86. The first-order chi connectivity index (χ1) is 3.15. The minimum absolute atomic E-state index is 0. The molecule has 0 radical (unpaired) electrons. The Kier molecular flexibility index (Phi) is 15.0. The van der Waals surface area contributed by atoms with Crippen LogP contribution in [0.4, 0.5) is 0 Å². The molecule has 0 aromatic rings. The van der Waals surface area contributed by atoms with Crippen LogP contribution in [0.3, 0.4) is 0 Å². The third-order valence-corrected chi connectivity index (χ3v) is 0. The summed E-state index contributed by atoms with van der Waals surface area (Å²) in [6.45, 7) is 3.72. The van der Waals surface area contributed by atoms with E-state index in [9.17, 15) is 0 Å². The minimum atomic E-state index is -1.14. The number of hydrogen-bond acceptors (Lipinski definition) is 1. The summed E-state index contributed by atoms with van der Waals surface area (Å²) in [5, 5.41) is 0. The van der Waals surface area contributed by atoms with Gasteiger partial charge in [-0.25, -0.2) is 0 Å². The highest BCUT2D eigenvalue weighted by Crippen LogP contribution is 1.60. The molecule has 1 nitrogen and oxygen atoms in total. The van der Waals surface area contributed by atoms with Crippen molar-refractivity contribution in [3.63, 3.8) is 0 Å². The summed E-state index contributed by atoms with van der Waals surface area (Å²) in [5.74, 6) is 4.53. The maximum absolute atomic E-state index is 8.19. The van der Waals surface area contributed by atoms with Gasteiger partial charge in [0.05, 0.1) is 0 Å². The van der Waals surface area contributed by atoms with Gasteiger partial charge in [0.1, 0.15) is 0 Å². The van der Waals surface area contributed by atoms with Gasteiger partial charge in [-0.2, -0.15) is 0 Å². The predicted octanol–water partition coefficient (Wildman–Crippen LogP) is 0.594. The molecule has 0 heterocycles. The molecule has 0 saturated heterocycles. The maximum Gasteiger partial charge on any atom is 1.00 e. The molecule has 0 amide bonds. The minimum Gasteiger partial charge on any atom is -0.435 e. The highest BCUT2D eigenvalue weighted by molar-refractivity contribution is 6.46. The average molecular weight is 135 g/mol. The van der Waals surface area contributed by atoms with Crippen LogP contribution in [0.5, 0.6) is 0 Å². The Morgan fingerprint density at radius 2 is 1.43 bits per heavy atom. The van der Waals surface area contributed by atoms with Crippen molar-refractivity contribution in [2.45, 2.75) is 24.7 Å². The van der Waals surface area contributed by atoms with Crippen molar-refractivity contribution in [2.75, 3.05) is 0 Å². The Morgan fingerprint density at radius 1 is 1.43 bits per heavy atom. The van der Waals surface area contributed by atoms with E-state index in [-0.39, 0.29) is 1.43 Å². The summed E-state index contributed by atoms with van der Waals surface area (Å²) in [4.78, 5) is 8.19. The zero-order chi connectivity index (χ0) is 6.28. The van der Waals surface area contributed by atoms with Gasteiger partial charge in [0.2, 0.25) is 15.2 Å². The molecule has 0 bridgehead atoms. The summed E-state index contributed by atoms with van der Waals surface area (Å²) >= 11 is 0.417. The summed E-state index contributed by atoms with van der Waals surface area (Å²) in [6, 6.07) is 0. The van der Waals surface area contributed by atoms with Gasteiger partial charge in [-0.05, 0) is 13.1 Å². The lowest BCUT2D eigenvalue weighted by atomic mass is 11.9. The quantitative estimate of drug-likeness (QED) is 0.482. The zero-order valence-corrected chi connectivity index (χ0v) is 8.30. The van der Waals surface area contributed by atoms with E-state index in [2.05, 4.69) is 11.6 Å². The fraction of sp³-hybridized carbons (Fsp3) is 1.00. The smallest absolute Gasteiger partial charge is 0.435 e. The first kappa shape index (κ1) is 10.6. The van der Waals surface area contributed by atoms with Crippen LogP contribution in [0.15, 0.2) is 0 Å². The second-order valence-electron chi connectivity index (χ2n) is 1.80. The largest absolute Gasteiger partial charge is 1.00 e. The Balaban J connectivity index is -0.0000000575. The molecule has 0 atom stereocenters. The van der Waals surface area contributed by atoms with Crippen LogP contribution in [-0.4, -0.2) is 29.1 Å². The van der Waals surface area contributed by atoms with Crippen LogP contribution in [0.1, 0.15) is 1.43 Å². The molecule has 0 aliphatic heterocycles. The third kappa shape index (κ3) is 296. The second-order valence-corrected chi connectivity index (χ2v) is 5.40. The highest BCUT2D eigenvalue weighted by Gasteiger charge is 1.74. The van der Waals surface area contributed by atoms with Crippen LogP contribution >= 0.6 is 0 Å². The van der Waals surface area contributed by atoms with Gasteiger partial charge in [0.25, 0.3) is 0 Å². The Morgan fingerprint density at radius 3 is 1.43 bits per heavy atom. The Bertz CT molecular complexity index is 27.2. The van der Waals surface area contributed by atoms with E-state index in [4.69, 9.17) is 4.80 Å². The molecular weight excluding hydrogens is 119 g/mol. The average Bonchev–Trinajstić information content (AvgIpc) is 1.33. The molecule has 0 rings (SSSR count). The molecule has 44 valence electrons. The van der Waals surface area contributed by atoms with Gasteiger partial charge in [-0.3, -0.25) is 0 Å². The maximum atomic E-state index is 8.19. The van der Waals surface area contributed by atoms with Gasteiger partial charge in [-0.1, -0.05) is 0 Å². The van der Waals surface area contributed by atoms with E-state index in [1.165, 1.54) is 0 Å². The van der Waals surface area contributed by atoms with Crippen LogP contribution in [0.25, 0.3) is 0 Å². The van der Waals surface area contributed by atoms with Crippen molar-refractivity contribution in [3.05, 3.63) is 0 Å². The molecule has 0 aliphatic rings. The van der Waals surface area contributed by atoms with E-state index in [1.54, 1.807) is 0 Å². The summed E-state index contributed by atoms with van der Waals surface area (Å²) in [6.07, 6.45) is 0. The lowest BCUT2D eigenvalue weighted by molar-refractivity contribution is 0.587. The van der Waals surface area contributed by atoms with E-state index in [0.717, 1.165) is 0 Å². The van der Waals surface area contributed by atoms with Gasteiger partial charge in [-0.15, -0.1) is 11.6 Å². The van der Waals surface area contributed by atoms with Crippen molar-refractivity contribution in [1.82, 2.24) is 0 Å². The third-order valence-electron chi connectivity index (χ3n) is 0. The molecule has 0 saturated carbocycles. The Hall–Kier alpha value is 0.709. The highest BCUT2D eigenvalue weighted by atomic mass is 28.3. The first-order valence-electron chi connectivity index (χ1n) is 2.83. The van der Waals surface area contributed by atoms with Crippen LogP contribution in [-0.2, 0) is 0 Å². The number of hydrogen-bond donors (Lipinski definition) is 1. The van der Waals surface area contributed by atoms with Gasteiger partial charge < -0.3 is 4.80 Å². The summed E-state index contributed by atoms with van der Waals surface area (Å²) in [5.41, 5.74) is 0. The van der Waals surface area contributed by atoms with E-state index >= 15 is 0 Å². The SMILES string of the molecule is C[SiH](C)O.[CH3][AlH][CH3].[H+]. The molecule has 0 spiro atoms. The lowest BCUT2D eigenvalue weighted by Gasteiger charge is -1.76. The van der Waals surface area contributed by atoms with Crippen molar-refractivity contribution in [2.24, 2.45) is 0 Å². The molecule has 0 aromatic heterocycles. The fourth-order valence-electron chi connectivity index (χ4n) is 0. The zero-order valence-electron chi connectivity index (χ0n) is 6.73. The predicted molar refractivity (Wildman–Crippen MR) is 41.1 cm³/mol. The fourth-order valence-corrected chi connectivity index (χ4v) is 0. The van der Waals surface area contributed by atoms with Crippen molar-refractivity contribution in [1.29, 1.82) is 0 Å². The molecule has 7 heavy (non-hydrogen) atoms. The monoisotopic (exact) mass is 135 g/mol. The Labute approximate surface area is 55.7 Å². The molecule has 3 heteroatoms. The van der Waals surface area contributed by atoms with Crippen molar-refractivity contribution < 1.29 is 6.22 Å². The number of rotatable bonds is 0. The summed E-state index contributed by atoms with van der Waals surface area (Å²) in [7, 11) is -1.14. The van der Waals surface area contributed by atoms with Crippen LogP contribution < -0.4 is 0 Å². The van der Waals surface area contributed by atoms with E-state index < -0.39 is 9.04 Å². The molecule has 0 aliphatic carbocycles. The van der Waals surface area contributed by atoms with E-state index in [1.807, 2.05) is 13.1 Å². The normalized spacial score (nSPS) is 7.14. The van der Waals surface area contributed by atoms with Crippen LogP contribution in [0.2, 0.25) is 24.7 Å². The lowest BCUT2D eigenvalue weighted by Crippen LogP contribution is -1.93.